The summed E-state index contributed by atoms with van der Waals surface area (Å²) in [4.78, 5) is 12.5. The number of hydrogen-bond donors (Lipinski definition) is 3. The molecule has 0 bridgehead atoms. The van der Waals surface area contributed by atoms with Crippen LogP contribution in [0.25, 0.3) is 17.1 Å². The van der Waals surface area contributed by atoms with Crippen LogP contribution in [0, 0.1) is 0 Å². The van der Waals surface area contributed by atoms with Gasteiger partial charge in [0.25, 0.3) is 0 Å². The second kappa shape index (κ2) is 11.5. The molecule has 0 aliphatic carbocycles. The summed E-state index contributed by atoms with van der Waals surface area (Å²) >= 11 is 6.70. The summed E-state index contributed by atoms with van der Waals surface area (Å²) in [6.45, 7) is 12.4. The zero-order valence-electron chi connectivity index (χ0n) is 20.8. The first kappa shape index (κ1) is 25.8. The number of nitrogens with one attached hydrogen (secondary N) is 2. The highest BCUT2D eigenvalue weighted by Gasteiger charge is 2.16. The van der Waals surface area contributed by atoms with E-state index in [1.165, 1.54) is 0 Å². The fraction of sp³-hybridized carbons (Fsp3) is 0.393. The lowest BCUT2D eigenvalue weighted by molar-refractivity contribution is 0.161. The Hall–Kier alpha value is -2.85. The highest BCUT2D eigenvalue weighted by Crippen LogP contribution is 2.32. The number of pyridine rings is 1. The number of aromatic nitrogens is 2. The van der Waals surface area contributed by atoms with E-state index < -0.39 is 0 Å². The van der Waals surface area contributed by atoms with Crippen molar-refractivity contribution in [3.63, 3.8) is 0 Å². The second-order valence-electron chi connectivity index (χ2n) is 8.56. The molecule has 0 spiro atoms. The van der Waals surface area contributed by atoms with Crippen LogP contribution in [-0.2, 0) is 12.8 Å². The average molecular weight is 479 g/mol. The lowest BCUT2D eigenvalue weighted by atomic mass is 10.0. The molecule has 0 saturated carbocycles. The fourth-order valence-corrected chi connectivity index (χ4v) is 4.32. The number of H-pyrrole nitrogens is 1. The number of fused-ring (bicyclic) bond motifs is 1. The molecule has 3 heterocycles. The van der Waals surface area contributed by atoms with Crippen LogP contribution in [0.2, 0.25) is 5.02 Å². The first-order valence-corrected chi connectivity index (χ1v) is 12.4. The Labute approximate surface area is 207 Å². The quantitative estimate of drug-likeness (QED) is 0.382. The van der Waals surface area contributed by atoms with Gasteiger partial charge in [-0.05, 0) is 74.0 Å². The minimum absolute atomic E-state index is 0.326. The molecule has 5 nitrogen and oxygen atoms in total. The largest absolute Gasteiger partial charge is 0.393 e. The topological polar surface area (TPSA) is 73.3 Å². The van der Waals surface area contributed by atoms with Gasteiger partial charge in [0, 0.05) is 35.5 Å². The normalized spacial score (nSPS) is 17.9. The van der Waals surface area contributed by atoms with Crippen LogP contribution < -0.4 is 5.32 Å². The Morgan fingerprint density at radius 2 is 2.12 bits per heavy atom. The first-order chi connectivity index (χ1) is 16.3. The molecule has 1 aliphatic rings. The Morgan fingerprint density at radius 3 is 2.76 bits per heavy atom. The maximum absolute atomic E-state index is 10.1. The van der Waals surface area contributed by atoms with Crippen LogP contribution in [0.15, 0.2) is 57.9 Å². The van der Waals surface area contributed by atoms with E-state index in [0.29, 0.717) is 6.42 Å². The molecule has 3 N–H and O–H groups in total. The number of halogens is 1. The van der Waals surface area contributed by atoms with Crippen LogP contribution >= 0.6 is 11.6 Å². The summed E-state index contributed by atoms with van der Waals surface area (Å²) in [7, 11) is 1.75. The van der Waals surface area contributed by atoms with E-state index in [-0.39, 0.29) is 6.10 Å². The summed E-state index contributed by atoms with van der Waals surface area (Å²) in [5.41, 5.74) is 10.8. The number of aliphatic imine (C=N–C) groups is 1. The molecule has 0 amide bonds. The van der Waals surface area contributed by atoms with Gasteiger partial charge in [-0.15, -0.1) is 5.73 Å². The first-order valence-electron chi connectivity index (χ1n) is 12.0. The summed E-state index contributed by atoms with van der Waals surface area (Å²) in [6.07, 6.45) is 9.50. The molecular weight excluding hydrogens is 444 g/mol. The van der Waals surface area contributed by atoms with Gasteiger partial charge in [-0.1, -0.05) is 39.0 Å². The molecule has 1 aliphatic heterocycles. The van der Waals surface area contributed by atoms with E-state index in [9.17, 15) is 5.11 Å². The monoisotopic (exact) mass is 478 g/mol. The van der Waals surface area contributed by atoms with E-state index in [1.807, 2.05) is 19.9 Å². The average Bonchev–Trinajstić information content (AvgIpc) is 3.10. The number of hydrogen-bond acceptors (Lipinski definition) is 3. The van der Waals surface area contributed by atoms with Crippen molar-refractivity contribution in [2.45, 2.75) is 65.9 Å². The number of nitrogens with zero attached hydrogens (tertiary/aromatic N) is 2. The van der Waals surface area contributed by atoms with E-state index in [1.54, 1.807) is 7.05 Å². The number of aliphatic hydroxyl groups is 1. The molecule has 3 rings (SSSR count). The Balaban J connectivity index is 2.07. The molecule has 6 heteroatoms. The van der Waals surface area contributed by atoms with Gasteiger partial charge in [-0.25, -0.2) is 4.98 Å². The van der Waals surface area contributed by atoms with Crippen molar-refractivity contribution in [1.29, 1.82) is 0 Å². The molecule has 1 unspecified atom stereocenters. The van der Waals surface area contributed by atoms with Gasteiger partial charge >= 0.3 is 0 Å². The minimum atomic E-state index is -0.326. The second-order valence-corrected chi connectivity index (χ2v) is 8.94. The van der Waals surface area contributed by atoms with Crippen molar-refractivity contribution >= 4 is 34.5 Å². The standard InChI is InChI=1S/C28H35ClN4O/c1-7-19(15-24-18(5)17(4)10-13-25(30-6)32-24)14-21-16-20(11-12-22(34)8-2)26-27(29)23(9-3)33-28(26)31-21/h13-16,22,34H,5,7-9,11-12H2,1-4,6H3,(H,30,32)(H,31,33)/b19-14-,24-15+. The molecule has 0 fully saturated rings. The van der Waals surface area contributed by atoms with Gasteiger partial charge in [0.15, 0.2) is 0 Å². The van der Waals surface area contributed by atoms with E-state index in [0.717, 1.165) is 86.9 Å². The van der Waals surface area contributed by atoms with Gasteiger partial charge in [0.1, 0.15) is 11.5 Å². The van der Waals surface area contributed by atoms with Gasteiger partial charge in [0.2, 0.25) is 0 Å². The van der Waals surface area contributed by atoms with E-state index >= 15 is 0 Å². The van der Waals surface area contributed by atoms with E-state index in [2.05, 4.69) is 59.7 Å². The molecule has 1 atom stereocenters. The zero-order valence-corrected chi connectivity index (χ0v) is 21.6. The van der Waals surface area contributed by atoms with Crippen LogP contribution in [-0.4, -0.2) is 34.1 Å². The maximum Gasteiger partial charge on any atom is 0.139 e. The van der Waals surface area contributed by atoms with Gasteiger partial charge < -0.3 is 15.4 Å². The molecule has 34 heavy (non-hydrogen) atoms. The van der Waals surface area contributed by atoms with Gasteiger partial charge in [-0.2, -0.15) is 0 Å². The molecule has 2 aromatic heterocycles. The summed E-state index contributed by atoms with van der Waals surface area (Å²) in [5.74, 6) is 0.740. The number of aryl methyl sites for hydroxylation is 2. The predicted octanol–water partition coefficient (Wildman–Crippen LogP) is 6.45. The minimum Gasteiger partial charge on any atom is -0.393 e. The number of aliphatic hydroxyl groups excluding tert-OH is 1. The van der Waals surface area contributed by atoms with Crippen molar-refractivity contribution in [3.8, 4) is 0 Å². The van der Waals surface area contributed by atoms with Crippen LogP contribution in [0.4, 0.5) is 0 Å². The molecule has 0 saturated heterocycles. The summed E-state index contributed by atoms with van der Waals surface area (Å²) in [5, 5.41) is 15.2. The number of rotatable bonds is 8. The summed E-state index contributed by atoms with van der Waals surface area (Å²) in [6, 6.07) is 2.10. The summed E-state index contributed by atoms with van der Waals surface area (Å²) < 4.78 is 0. The lowest BCUT2D eigenvalue weighted by Crippen LogP contribution is -2.21. The van der Waals surface area contributed by atoms with Gasteiger partial charge in [0.05, 0.1) is 16.8 Å². The SMILES string of the molecule is C=C1C(C)=C=CC(=NC)N/C1=C/C(=C\c1cc(CCC(O)CC)c2c(Cl)c(CC)[nH]c2n1)CC. The van der Waals surface area contributed by atoms with Crippen molar-refractivity contribution in [3.05, 3.63) is 74.9 Å². The Bertz CT molecular complexity index is 1240. The van der Waals surface area contributed by atoms with Crippen molar-refractivity contribution in [2.75, 3.05) is 7.05 Å². The van der Waals surface area contributed by atoms with Crippen molar-refractivity contribution in [2.24, 2.45) is 4.99 Å². The smallest absolute Gasteiger partial charge is 0.139 e. The molecule has 2 aromatic rings. The third kappa shape index (κ3) is 5.79. The molecular formula is C28H35ClN4O. The number of aromatic amines is 1. The highest BCUT2D eigenvalue weighted by molar-refractivity contribution is 6.36. The van der Waals surface area contributed by atoms with Crippen molar-refractivity contribution < 1.29 is 5.11 Å². The van der Waals surface area contributed by atoms with E-state index in [4.69, 9.17) is 16.6 Å². The Morgan fingerprint density at radius 1 is 1.35 bits per heavy atom. The van der Waals surface area contributed by atoms with Crippen LogP contribution in [0.5, 0.6) is 0 Å². The molecule has 0 radical (unpaired) electrons. The third-order valence-corrected chi connectivity index (χ3v) is 6.64. The molecule has 0 aromatic carbocycles. The van der Waals surface area contributed by atoms with Gasteiger partial charge in [-0.3, -0.25) is 4.99 Å². The fourth-order valence-electron chi connectivity index (χ4n) is 3.93. The third-order valence-electron chi connectivity index (χ3n) is 6.22. The van der Waals surface area contributed by atoms with Crippen LogP contribution in [0.3, 0.4) is 0 Å². The predicted molar refractivity (Wildman–Crippen MR) is 144 cm³/mol. The molecule has 180 valence electrons. The van der Waals surface area contributed by atoms with Crippen LogP contribution in [0.1, 0.15) is 63.9 Å². The van der Waals surface area contributed by atoms with Crippen molar-refractivity contribution in [1.82, 2.24) is 15.3 Å². The number of amidine groups is 1. The highest BCUT2D eigenvalue weighted by atomic mass is 35.5. The number of allylic oxidation sites excluding steroid dienone is 3. The Kier molecular flexibility index (Phi) is 8.73. The lowest BCUT2D eigenvalue weighted by Gasteiger charge is -2.13. The zero-order chi connectivity index (χ0) is 24.8. The maximum atomic E-state index is 10.1.